The average Bonchev–Trinajstić information content (AvgIpc) is 2.52. The van der Waals surface area contributed by atoms with Crippen LogP contribution in [0.2, 0.25) is 0 Å². The van der Waals surface area contributed by atoms with Crippen LogP contribution in [0, 0.1) is 0 Å². The summed E-state index contributed by atoms with van der Waals surface area (Å²) in [7, 11) is 0. The summed E-state index contributed by atoms with van der Waals surface area (Å²) in [6.45, 7) is 0. The Bertz CT molecular complexity index is 623. The van der Waals surface area contributed by atoms with Crippen LogP contribution >= 0.6 is 0 Å². The Morgan fingerprint density at radius 3 is 1.88 bits per heavy atom. The lowest BCUT2D eigenvalue weighted by atomic mass is 9.96. The van der Waals surface area contributed by atoms with Crippen molar-refractivity contribution in [3.8, 4) is 0 Å². The zero-order valence-corrected chi connectivity index (χ0v) is 13.0. The Morgan fingerprint density at radius 1 is 0.880 bits per heavy atom. The molecule has 25 heavy (non-hydrogen) atoms. The van der Waals surface area contributed by atoms with Crippen molar-refractivity contribution in [3.05, 3.63) is 41.1 Å². The Morgan fingerprint density at radius 2 is 1.40 bits per heavy atom. The number of halogens is 6. The van der Waals surface area contributed by atoms with Crippen molar-refractivity contribution >= 4 is 11.7 Å². The monoisotopic (exact) mass is 366 g/mol. The summed E-state index contributed by atoms with van der Waals surface area (Å²) in [5.41, 5.74) is -2.56. The highest BCUT2D eigenvalue weighted by Crippen LogP contribution is 2.37. The fourth-order valence-electron chi connectivity index (χ4n) is 2.51. The van der Waals surface area contributed by atoms with Crippen molar-refractivity contribution in [2.75, 3.05) is 5.32 Å². The fourth-order valence-corrected chi connectivity index (χ4v) is 2.51. The van der Waals surface area contributed by atoms with E-state index in [0.29, 0.717) is 12.1 Å². The first-order valence-electron chi connectivity index (χ1n) is 7.60. The van der Waals surface area contributed by atoms with Crippen molar-refractivity contribution in [2.24, 2.45) is 0 Å². The van der Waals surface area contributed by atoms with E-state index in [-0.39, 0.29) is 6.07 Å². The van der Waals surface area contributed by atoms with Crippen LogP contribution in [-0.2, 0) is 12.4 Å². The molecule has 2 N–H and O–H groups in total. The highest BCUT2D eigenvalue weighted by Gasteiger charge is 2.37. The second-order valence-electron chi connectivity index (χ2n) is 5.76. The first-order valence-corrected chi connectivity index (χ1v) is 7.60. The minimum Gasteiger partial charge on any atom is -0.314 e. The van der Waals surface area contributed by atoms with Crippen LogP contribution in [-0.4, -0.2) is 6.03 Å². The molecule has 1 aliphatic carbocycles. The summed E-state index contributed by atoms with van der Waals surface area (Å²) in [5, 5.41) is 4.35. The van der Waals surface area contributed by atoms with E-state index in [4.69, 9.17) is 0 Å². The Balaban J connectivity index is 2.15. The molecule has 0 spiro atoms. The Kier molecular flexibility index (Phi) is 5.64. The number of nitrogens with one attached hydrogen (secondary N) is 2. The summed E-state index contributed by atoms with van der Waals surface area (Å²) < 4.78 is 76.6. The van der Waals surface area contributed by atoms with Gasteiger partial charge in [0.2, 0.25) is 0 Å². The molecule has 1 fully saturated rings. The number of hydrogen-bond acceptors (Lipinski definition) is 1. The van der Waals surface area contributed by atoms with Crippen molar-refractivity contribution < 1.29 is 31.1 Å². The lowest BCUT2D eigenvalue weighted by molar-refractivity contribution is -0.143. The number of alkyl halides is 6. The van der Waals surface area contributed by atoms with Gasteiger partial charge in [0.05, 0.1) is 11.1 Å². The van der Waals surface area contributed by atoms with Crippen LogP contribution in [0.1, 0.15) is 43.2 Å². The molecule has 0 heterocycles. The number of urea groups is 1. The molecule has 0 unspecified atom stereocenters. The minimum atomic E-state index is -4.96. The van der Waals surface area contributed by atoms with Crippen molar-refractivity contribution in [2.45, 2.75) is 44.5 Å². The second-order valence-corrected chi connectivity index (χ2v) is 5.76. The SMILES string of the molecule is O=C(NC=C1CCCCC1)Nc1cc(C(F)(F)F)cc(C(F)(F)F)c1. The van der Waals surface area contributed by atoms with E-state index in [9.17, 15) is 31.1 Å². The van der Waals surface area contributed by atoms with Crippen LogP contribution in [0.3, 0.4) is 0 Å². The summed E-state index contributed by atoms with van der Waals surface area (Å²) in [6.07, 6.45) is -3.79. The van der Waals surface area contributed by atoms with Gasteiger partial charge in [-0.3, -0.25) is 0 Å². The number of hydrogen-bond donors (Lipinski definition) is 2. The maximum absolute atomic E-state index is 12.8. The van der Waals surface area contributed by atoms with E-state index in [1.54, 1.807) is 0 Å². The lowest BCUT2D eigenvalue weighted by Gasteiger charge is -2.15. The molecule has 0 atom stereocenters. The third-order valence-electron chi connectivity index (χ3n) is 3.75. The number of allylic oxidation sites excluding steroid dienone is 1. The van der Waals surface area contributed by atoms with Crippen molar-refractivity contribution in [3.63, 3.8) is 0 Å². The van der Waals surface area contributed by atoms with Gasteiger partial charge in [-0.1, -0.05) is 12.0 Å². The maximum atomic E-state index is 12.8. The number of anilines is 1. The third kappa shape index (κ3) is 5.68. The van der Waals surface area contributed by atoms with E-state index in [1.165, 1.54) is 6.20 Å². The Hall–Kier alpha value is -2.19. The summed E-state index contributed by atoms with van der Waals surface area (Å²) in [4.78, 5) is 11.7. The van der Waals surface area contributed by atoms with E-state index >= 15 is 0 Å². The van der Waals surface area contributed by atoms with E-state index < -0.39 is 35.2 Å². The van der Waals surface area contributed by atoms with Crippen LogP contribution < -0.4 is 10.6 Å². The molecule has 1 aromatic rings. The van der Waals surface area contributed by atoms with Gasteiger partial charge < -0.3 is 10.6 Å². The molecule has 0 saturated heterocycles. The number of rotatable bonds is 2. The smallest absolute Gasteiger partial charge is 0.314 e. The quantitative estimate of drug-likeness (QED) is 0.649. The highest BCUT2D eigenvalue weighted by molar-refractivity contribution is 5.90. The summed E-state index contributed by atoms with van der Waals surface area (Å²) in [5.74, 6) is 0. The predicted molar refractivity (Wildman–Crippen MR) is 79.8 cm³/mol. The molecule has 9 heteroatoms. The van der Waals surface area contributed by atoms with Gasteiger partial charge in [0, 0.05) is 11.9 Å². The molecule has 1 aliphatic rings. The standard InChI is InChI=1S/C16H16F6N2O/c17-15(18,19)11-6-12(16(20,21)22)8-13(7-11)24-14(25)23-9-10-4-2-1-3-5-10/h6-9H,1-5H2,(H2,23,24,25). The lowest BCUT2D eigenvalue weighted by Crippen LogP contribution is -2.25. The summed E-state index contributed by atoms with van der Waals surface area (Å²) in [6, 6.07) is 0.0311. The summed E-state index contributed by atoms with van der Waals surface area (Å²) >= 11 is 0. The predicted octanol–water partition coefficient (Wildman–Crippen LogP) is 5.69. The van der Waals surface area contributed by atoms with Gasteiger partial charge in [-0.05, 0) is 43.9 Å². The topological polar surface area (TPSA) is 41.1 Å². The normalized spacial score (nSPS) is 15.7. The van der Waals surface area contributed by atoms with Gasteiger partial charge in [0.25, 0.3) is 0 Å². The number of amides is 2. The molecule has 2 amide bonds. The molecule has 138 valence electrons. The third-order valence-corrected chi connectivity index (χ3v) is 3.75. The maximum Gasteiger partial charge on any atom is 0.416 e. The highest BCUT2D eigenvalue weighted by atomic mass is 19.4. The van der Waals surface area contributed by atoms with Gasteiger partial charge in [-0.15, -0.1) is 0 Å². The molecule has 1 aromatic carbocycles. The minimum absolute atomic E-state index is 0.00703. The van der Waals surface area contributed by atoms with Crippen molar-refractivity contribution in [1.29, 1.82) is 0 Å². The van der Waals surface area contributed by atoms with Crippen LogP contribution in [0.4, 0.5) is 36.8 Å². The molecule has 0 aliphatic heterocycles. The van der Waals surface area contributed by atoms with E-state index in [2.05, 4.69) is 5.32 Å². The molecule has 3 nitrogen and oxygen atoms in total. The number of benzene rings is 1. The molecule has 2 rings (SSSR count). The van der Waals surface area contributed by atoms with Crippen LogP contribution in [0.5, 0.6) is 0 Å². The fraction of sp³-hybridized carbons (Fsp3) is 0.438. The number of carbonyl (C=O) groups is 1. The van der Waals surface area contributed by atoms with Gasteiger partial charge >= 0.3 is 18.4 Å². The van der Waals surface area contributed by atoms with E-state index in [1.807, 2.05) is 5.32 Å². The van der Waals surface area contributed by atoms with Gasteiger partial charge in [0.15, 0.2) is 0 Å². The van der Waals surface area contributed by atoms with Gasteiger partial charge in [0.1, 0.15) is 0 Å². The van der Waals surface area contributed by atoms with Gasteiger partial charge in [-0.25, -0.2) is 4.79 Å². The first kappa shape index (κ1) is 19.1. The molecular weight excluding hydrogens is 350 g/mol. The van der Waals surface area contributed by atoms with Crippen LogP contribution in [0.15, 0.2) is 30.0 Å². The second kappa shape index (κ2) is 7.37. The zero-order chi connectivity index (χ0) is 18.7. The number of carbonyl (C=O) groups excluding carboxylic acids is 1. The van der Waals surface area contributed by atoms with E-state index in [0.717, 1.165) is 37.7 Å². The molecule has 1 saturated carbocycles. The first-order chi connectivity index (χ1) is 11.6. The largest absolute Gasteiger partial charge is 0.416 e. The van der Waals surface area contributed by atoms with Crippen molar-refractivity contribution in [1.82, 2.24) is 5.32 Å². The molecular formula is C16H16F6N2O. The zero-order valence-electron chi connectivity index (χ0n) is 13.0. The Labute approximate surface area is 140 Å². The average molecular weight is 366 g/mol. The van der Waals surface area contributed by atoms with Gasteiger partial charge in [-0.2, -0.15) is 26.3 Å². The van der Waals surface area contributed by atoms with Crippen LogP contribution in [0.25, 0.3) is 0 Å². The molecule has 0 aromatic heterocycles. The molecule has 0 bridgehead atoms. The molecule has 0 radical (unpaired) electrons.